The van der Waals surface area contributed by atoms with Gasteiger partial charge in [-0.2, -0.15) is 0 Å². The van der Waals surface area contributed by atoms with Crippen LogP contribution in [0.3, 0.4) is 0 Å². The van der Waals surface area contributed by atoms with Crippen LogP contribution < -0.4 is 0 Å². The molecule has 0 N–H and O–H groups in total. The Bertz CT molecular complexity index is 579. The Balaban J connectivity index is 1.89. The molecular formula is C17H17N. The predicted molar refractivity (Wildman–Crippen MR) is 76.4 cm³/mol. The van der Waals surface area contributed by atoms with E-state index in [1.54, 1.807) is 0 Å². The summed E-state index contributed by atoms with van der Waals surface area (Å²) in [7, 11) is 0. The van der Waals surface area contributed by atoms with Gasteiger partial charge in [0.2, 0.25) is 0 Å². The highest BCUT2D eigenvalue weighted by Gasteiger charge is 2.13. The molecule has 1 aliphatic rings. The largest absolute Gasteiger partial charge is 0.288 e. The third-order valence-electron chi connectivity index (χ3n) is 3.50. The van der Waals surface area contributed by atoms with Gasteiger partial charge in [0.15, 0.2) is 0 Å². The van der Waals surface area contributed by atoms with Crippen molar-refractivity contribution in [1.82, 2.24) is 0 Å². The van der Waals surface area contributed by atoms with Gasteiger partial charge in [-0.15, -0.1) is 0 Å². The van der Waals surface area contributed by atoms with E-state index < -0.39 is 0 Å². The Hall–Kier alpha value is -1.89. The Labute approximate surface area is 108 Å². The Morgan fingerprint density at radius 1 is 1.00 bits per heavy atom. The highest BCUT2D eigenvalue weighted by molar-refractivity contribution is 6.03. The first-order valence-corrected chi connectivity index (χ1v) is 6.50. The molecule has 90 valence electrons. The summed E-state index contributed by atoms with van der Waals surface area (Å²) in [5.74, 6) is 0. The maximum absolute atomic E-state index is 4.71. The van der Waals surface area contributed by atoms with Crippen molar-refractivity contribution >= 4 is 5.71 Å². The number of aryl methyl sites for hydroxylation is 1. The van der Waals surface area contributed by atoms with Crippen LogP contribution in [0.1, 0.15) is 22.3 Å². The van der Waals surface area contributed by atoms with Crippen molar-refractivity contribution in [3.05, 3.63) is 70.8 Å². The number of hydrogen-bond donors (Lipinski definition) is 0. The lowest BCUT2D eigenvalue weighted by molar-refractivity contribution is 0.934. The quantitative estimate of drug-likeness (QED) is 0.754. The van der Waals surface area contributed by atoms with Crippen molar-refractivity contribution < 1.29 is 0 Å². The molecule has 0 spiro atoms. The fourth-order valence-corrected chi connectivity index (χ4v) is 2.47. The lowest BCUT2D eigenvalue weighted by Crippen LogP contribution is -2.15. The van der Waals surface area contributed by atoms with Crippen molar-refractivity contribution in [3.8, 4) is 0 Å². The predicted octanol–water partition coefficient (Wildman–Crippen LogP) is 3.58. The minimum absolute atomic E-state index is 0.929. The lowest BCUT2D eigenvalue weighted by Gasteiger charge is -2.16. The molecule has 0 aromatic heterocycles. The lowest BCUT2D eigenvalue weighted by atomic mass is 9.93. The number of fused-ring (bicyclic) bond motifs is 1. The summed E-state index contributed by atoms with van der Waals surface area (Å²) in [6.07, 6.45) is 2.02. The third-order valence-corrected chi connectivity index (χ3v) is 3.50. The molecule has 0 radical (unpaired) electrons. The molecule has 1 aliphatic heterocycles. The number of rotatable bonds is 2. The average Bonchev–Trinajstić information content (AvgIpc) is 2.42. The molecule has 0 amide bonds. The molecule has 3 rings (SSSR count). The van der Waals surface area contributed by atoms with Gasteiger partial charge in [0, 0.05) is 18.7 Å². The normalized spacial score (nSPS) is 13.9. The molecule has 1 heteroatoms. The number of aliphatic imine (C=N–C) groups is 1. The molecule has 18 heavy (non-hydrogen) atoms. The second-order valence-electron chi connectivity index (χ2n) is 4.90. The highest BCUT2D eigenvalue weighted by Crippen LogP contribution is 2.18. The van der Waals surface area contributed by atoms with E-state index in [0.29, 0.717) is 0 Å². The molecule has 0 unspecified atom stereocenters. The Morgan fingerprint density at radius 2 is 1.78 bits per heavy atom. The van der Waals surface area contributed by atoms with Crippen molar-refractivity contribution in [2.45, 2.75) is 19.8 Å². The van der Waals surface area contributed by atoms with Crippen molar-refractivity contribution in [2.24, 2.45) is 4.99 Å². The van der Waals surface area contributed by atoms with E-state index in [9.17, 15) is 0 Å². The van der Waals surface area contributed by atoms with Gasteiger partial charge in [-0.05, 0) is 30.0 Å². The van der Waals surface area contributed by atoms with Crippen LogP contribution in [0, 0.1) is 6.92 Å². The average molecular weight is 235 g/mol. The molecule has 0 atom stereocenters. The molecule has 2 aromatic carbocycles. The maximum Gasteiger partial charge on any atom is 0.0467 e. The summed E-state index contributed by atoms with van der Waals surface area (Å²) in [5.41, 5.74) is 6.67. The fourth-order valence-electron chi connectivity index (χ4n) is 2.47. The van der Waals surface area contributed by atoms with Crippen molar-refractivity contribution in [1.29, 1.82) is 0 Å². The first kappa shape index (κ1) is 11.2. The topological polar surface area (TPSA) is 12.4 Å². The van der Waals surface area contributed by atoms with Gasteiger partial charge in [0.1, 0.15) is 0 Å². The van der Waals surface area contributed by atoms with E-state index >= 15 is 0 Å². The van der Waals surface area contributed by atoms with Crippen LogP contribution in [0.5, 0.6) is 0 Å². The van der Waals surface area contributed by atoms with E-state index in [0.717, 1.165) is 19.4 Å². The second kappa shape index (κ2) is 4.77. The van der Waals surface area contributed by atoms with Gasteiger partial charge in [0.25, 0.3) is 0 Å². The summed E-state index contributed by atoms with van der Waals surface area (Å²) in [4.78, 5) is 4.71. The van der Waals surface area contributed by atoms with Crippen LogP contribution in [0.15, 0.2) is 53.5 Å². The molecule has 1 heterocycles. The van der Waals surface area contributed by atoms with Crippen LogP contribution in [0.4, 0.5) is 0 Å². The fraction of sp³-hybridized carbons (Fsp3) is 0.235. The van der Waals surface area contributed by atoms with E-state index in [1.165, 1.54) is 28.0 Å². The van der Waals surface area contributed by atoms with Gasteiger partial charge in [-0.1, -0.05) is 54.1 Å². The minimum atomic E-state index is 0.929. The molecule has 0 saturated carbocycles. The molecule has 2 aromatic rings. The summed E-state index contributed by atoms with van der Waals surface area (Å²) in [6.45, 7) is 3.05. The van der Waals surface area contributed by atoms with Crippen LogP contribution in [0.25, 0.3) is 0 Å². The standard InChI is InChI=1S/C17H17N/c1-13-6-8-14(9-7-13)12-17-16-5-3-2-4-15(16)10-11-18-17/h2-9H,10-12H2,1H3. The molecule has 0 fully saturated rings. The first-order valence-electron chi connectivity index (χ1n) is 6.50. The summed E-state index contributed by atoms with van der Waals surface area (Å²) < 4.78 is 0. The van der Waals surface area contributed by atoms with Gasteiger partial charge >= 0.3 is 0 Å². The molecule has 0 bridgehead atoms. The molecular weight excluding hydrogens is 218 g/mol. The second-order valence-corrected chi connectivity index (χ2v) is 4.90. The van der Waals surface area contributed by atoms with Gasteiger partial charge in [-0.3, -0.25) is 4.99 Å². The first-order chi connectivity index (χ1) is 8.83. The van der Waals surface area contributed by atoms with E-state index in [1.807, 2.05) is 0 Å². The van der Waals surface area contributed by atoms with Crippen LogP contribution in [-0.2, 0) is 12.8 Å². The smallest absolute Gasteiger partial charge is 0.0467 e. The van der Waals surface area contributed by atoms with Gasteiger partial charge in [-0.25, -0.2) is 0 Å². The van der Waals surface area contributed by atoms with Crippen LogP contribution >= 0.6 is 0 Å². The van der Waals surface area contributed by atoms with Crippen molar-refractivity contribution in [2.75, 3.05) is 6.54 Å². The number of hydrogen-bond acceptors (Lipinski definition) is 1. The van der Waals surface area contributed by atoms with Gasteiger partial charge < -0.3 is 0 Å². The van der Waals surface area contributed by atoms with Crippen LogP contribution in [0.2, 0.25) is 0 Å². The minimum Gasteiger partial charge on any atom is -0.288 e. The molecule has 1 nitrogen and oxygen atoms in total. The summed E-state index contributed by atoms with van der Waals surface area (Å²) in [5, 5.41) is 0. The zero-order chi connectivity index (χ0) is 12.4. The van der Waals surface area contributed by atoms with E-state index in [-0.39, 0.29) is 0 Å². The van der Waals surface area contributed by atoms with E-state index in [2.05, 4.69) is 55.5 Å². The third kappa shape index (κ3) is 2.21. The highest BCUT2D eigenvalue weighted by atomic mass is 14.7. The number of nitrogens with zero attached hydrogens (tertiary/aromatic N) is 1. The van der Waals surface area contributed by atoms with Crippen LogP contribution in [-0.4, -0.2) is 12.3 Å². The summed E-state index contributed by atoms with van der Waals surface area (Å²) >= 11 is 0. The monoisotopic (exact) mass is 235 g/mol. The Morgan fingerprint density at radius 3 is 2.61 bits per heavy atom. The van der Waals surface area contributed by atoms with E-state index in [4.69, 9.17) is 4.99 Å². The van der Waals surface area contributed by atoms with Gasteiger partial charge in [0.05, 0.1) is 0 Å². The zero-order valence-electron chi connectivity index (χ0n) is 10.7. The summed E-state index contributed by atoms with van der Waals surface area (Å²) in [6, 6.07) is 17.4. The molecule has 0 saturated heterocycles. The molecule has 0 aliphatic carbocycles. The SMILES string of the molecule is Cc1ccc(CC2=NCCc3ccccc32)cc1. The maximum atomic E-state index is 4.71. The van der Waals surface area contributed by atoms with Crippen molar-refractivity contribution in [3.63, 3.8) is 0 Å². The Kier molecular flexibility index (Phi) is 2.97. The number of benzene rings is 2. The zero-order valence-corrected chi connectivity index (χ0v) is 10.7.